The highest BCUT2D eigenvalue weighted by Crippen LogP contribution is 2.34. The SMILES string of the molecule is CC(C)c1ccccc1O[C@H](C)C(=O)Nc1ccccc1C(F)(F)F. The molecule has 0 spiro atoms. The first kappa shape index (κ1) is 18.8. The van der Waals surface area contributed by atoms with Crippen LogP contribution < -0.4 is 10.1 Å². The minimum absolute atomic E-state index is 0.192. The molecule has 6 heteroatoms. The number of para-hydroxylation sites is 2. The Hall–Kier alpha value is -2.50. The minimum atomic E-state index is -4.54. The molecule has 1 atom stereocenters. The molecule has 0 saturated heterocycles. The highest BCUT2D eigenvalue weighted by atomic mass is 19.4. The zero-order chi connectivity index (χ0) is 18.6. The maximum absolute atomic E-state index is 13.0. The first-order chi connectivity index (χ1) is 11.7. The molecule has 0 aliphatic rings. The van der Waals surface area contributed by atoms with Gasteiger partial charge in [-0.2, -0.15) is 13.2 Å². The number of halogens is 3. The van der Waals surface area contributed by atoms with Crippen molar-refractivity contribution in [2.75, 3.05) is 5.32 Å². The molecule has 0 fully saturated rings. The first-order valence-electron chi connectivity index (χ1n) is 7.92. The summed E-state index contributed by atoms with van der Waals surface area (Å²) in [6.45, 7) is 5.49. The number of carbonyl (C=O) groups excluding carboxylic acids is 1. The number of hydrogen-bond donors (Lipinski definition) is 1. The van der Waals surface area contributed by atoms with Gasteiger partial charge in [-0.05, 0) is 36.6 Å². The fourth-order valence-electron chi connectivity index (χ4n) is 2.38. The lowest BCUT2D eigenvalue weighted by molar-refractivity contribution is -0.137. The number of alkyl halides is 3. The number of hydrogen-bond acceptors (Lipinski definition) is 2. The van der Waals surface area contributed by atoms with Crippen LogP contribution in [0.5, 0.6) is 5.75 Å². The maximum atomic E-state index is 13.0. The number of anilines is 1. The Bertz CT molecular complexity index is 741. The molecule has 0 aliphatic heterocycles. The second-order valence-electron chi connectivity index (χ2n) is 5.99. The number of ether oxygens (including phenoxy) is 1. The van der Waals surface area contributed by atoms with Crippen LogP contribution in [-0.4, -0.2) is 12.0 Å². The van der Waals surface area contributed by atoms with Crippen LogP contribution in [0.1, 0.15) is 37.8 Å². The summed E-state index contributed by atoms with van der Waals surface area (Å²) in [6, 6.07) is 12.1. The van der Waals surface area contributed by atoms with E-state index >= 15 is 0 Å². The Balaban J connectivity index is 2.15. The highest BCUT2D eigenvalue weighted by Gasteiger charge is 2.34. The van der Waals surface area contributed by atoms with Crippen molar-refractivity contribution >= 4 is 11.6 Å². The lowest BCUT2D eigenvalue weighted by Gasteiger charge is -2.20. The van der Waals surface area contributed by atoms with Gasteiger partial charge in [-0.1, -0.05) is 44.2 Å². The largest absolute Gasteiger partial charge is 0.481 e. The van der Waals surface area contributed by atoms with Crippen molar-refractivity contribution < 1.29 is 22.7 Å². The van der Waals surface area contributed by atoms with E-state index in [1.807, 2.05) is 26.0 Å². The third-order valence-electron chi connectivity index (χ3n) is 3.70. The second-order valence-corrected chi connectivity index (χ2v) is 5.99. The Labute approximate surface area is 144 Å². The summed E-state index contributed by atoms with van der Waals surface area (Å²) in [5.74, 6) is 0.0944. The Morgan fingerprint density at radius 1 is 1.00 bits per heavy atom. The van der Waals surface area contributed by atoms with Gasteiger partial charge in [0.25, 0.3) is 5.91 Å². The molecular formula is C19H20F3NO2. The van der Waals surface area contributed by atoms with E-state index in [1.54, 1.807) is 12.1 Å². The predicted molar refractivity (Wildman–Crippen MR) is 90.7 cm³/mol. The number of carbonyl (C=O) groups is 1. The van der Waals surface area contributed by atoms with Crippen molar-refractivity contribution in [3.8, 4) is 5.75 Å². The van der Waals surface area contributed by atoms with E-state index in [0.717, 1.165) is 11.6 Å². The average Bonchev–Trinajstić information content (AvgIpc) is 2.54. The standard InChI is InChI=1S/C19H20F3NO2/c1-12(2)14-8-4-7-11-17(14)25-13(3)18(24)23-16-10-6-5-9-15(16)19(20,21)22/h4-13H,1-3H3,(H,23,24)/t13-/m1/s1. The molecule has 0 saturated carbocycles. The van der Waals surface area contributed by atoms with Crippen molar-refractivity contribution in [2.45, 2.75) is 39.0 Å². The quantitative estimate of drug-likeness (QED) is 0.800. The second kappa shape index (κ2) is 7.59. The van der Waals surface area contributed by atoms with Gasteiger partial charge in [0, 0.05) is 0 Å². The molecule has 2 aromatic rings. The summed E-state index contributed by atoms with van der Waals surface area (Å²) < 4.78 is 44.7. The Kier molecular flexibility index (Phi) is 5.72. The molecular weight excluding hydrogens is 331 g/mol. The fourth-order valence-corrected chi connectivity index (χ4v) is 2.38. The summed E-state index contributed by atoms with van der Waals surface area (Å²) in [5, 5.41) is 2.30. The van der Waals surface area contributed by atoms with E-state index in [1.165, 1.54) is 25.1 Å². The molecule has 1 amide bonds. The number of benzene rings is 2. The zero-order valence-corrected chi connectivity index (χ0v) is 14.2. The van der Waals surface area contributed by atoms with Crippen LogP contribution in [0.25, 0.3) is 0 Å². The number of rotatable bonds is 5. The maximum Gasteiger partial charge on any atom is 0.418 e. The van der Waals surface area contributed by atoms with Crippen molar-refractivity contribution in [1.29, 1.82) is 0 Å². The van der Waals surface area contributed by atoms with E-state index in [4.69, 9.17) is 4.74 Å². The molecule has 3 nitrogen and oxygen atoms in total. The fraction of sp³-hybridized carbons (Fsp3) is 0.316. The van der Waals surface area contributed by atoms with Crippen LogP contribution in [0.2, 0.25) is 0 Å². The summed E-state index contributed by atoms with van der Waals surface area (Å²) in [6.07, 6.45) is -5.49. The number of nitrogens with one attached hydrogen (secondary N) is 1. The van der Waals surface area contributed by atoms with Gasteiger partial charge in [0.2, 0.25) is 0 Å². The first-order valence-corrected chi connectivity index (χ1v) is 7.92. The van der Waals surface area contributed by atoms with Crippen LogP contribution in [0.4, 0.5) is 18.9 Å². The van der Waals surface area contributed by atoms with Gasteiger partial charge in [0.1, 0.15) is 5.75 Å². The normalized spacial score (nSPS) is 12.8. The zero-order valence-electron chi connectivity index (χ0n) is 14.2. The van der Waals surface area contributed by atoms with E-state index < -0.39 is 23.8 Å². The predicted octanol–water partition coefficient (Wildman–Crippen LogP) is 5.23. The van der Waals surface area contributed by atoms with Gasteiger partial charge in [-0.3, -0.25) is 4.79 Å². The van der Waals surface area contributed by atoms with Gasteiger partial charge < -0.3 is 10.1 Å². The molecule has 0 aliphatic carbocycles. The van der Waals surface area contributed by atoms with Crippen LogP contribution in [0.15, 0.2) is 48.5 Å². The van der Waals surface area contributed by atoms with Gasteiger partial charge in [0.15, 0.2) is 6.10 Å². The van der Waals surface area contributed by atoms with E-state index in [9.17, 15) is 18.0 Å². The average molecular weight is 351 g/mol. The monoisotopic (exact) mass is 351 g/mol. The molecule has 0 unspecified atom stereocenters. The van der Waals surface area contributed by atoms with E-state index in [0.29, 0.717) is 5.75 Å². The van der Waals surface area contributed by atoms with E-state index in [2.05, 4.69) is 5.32 Å². The van der Waals surface area contributed by atoms with Crippen LogP contribution in [-0.2, 0) is 11.0 Å². The summed E-state index contributed by atoms with van der Waals surface area (Å²) in [7, 11) is 0. The van der Waals surface area contributed by atoms with Crippen molar-refractivity contribution in [1.82, 2.24) is 0 Å². The van der Waals surface area contributed by atoms with Crippen molar-refractivity contribution in [2.24, 2.45) is 0 Å². The molecule has 0 heterocycles. The molecule has 134 valence electrons. The highest BCUT2D eigenvalue weighted by molar-refractivity contribution is 5.94. The topological polar surface area (TPSA) is 38.3 Å². The Morgan fingerprint density at radius 3 is 2.24 bits per heavy atom. The van der Waals surface area contributed by atoms with Crippen molar-refractivity contribution in [3.05, 3.63) is 59.7 Å². The van der Waals surface area contributed by atoms with Crippen molar-refractivity contribution in [3.63, 3.8) is 0 Å². The molecule has 1 N–H and O–H groups in total. The molecule has 0 bridgehead atoms. The summed E-state index contributed by atoms with van der Waals surface area (Å²) in [4.78, 5) is 12.3. The van der Waals surface area contributed by atoms with Crippen LogP contribution >= 0.6 is 0 Å². The lowest BCUT2D eigenvalue weighted by atomic mass is 10.0. The van der Waals surface area contributed by atoms with E-state index in [-0.39, 0.29) is 11.6 Å². The molecule has 2 rings (SSSR count). The molecule has 2 aromatic carbocycles. The van der Waals surface area contributed by atoms with Gasteiger partial charge >= 0.3 is 6.18 Å². The van der Waals surface area contributed by atoms with Crippen LogP contribution in [0, 0.1) is 0 Å². The molecule has 25 heavy (non-hydrogen) atoms. The van der Waals surface area contributed by atoms with Crippen LogP contribution in [0.3, 0.4) is 0 Å². The smallest absolute Gasteiger partial charge is 0.418 e. The van der Waals surface area contributed by atoms with Gasteiger partial charge in [-0.25, -0.2) is 0 Å². The third-order valence-corrected chi connectivity index (χ3v) is 3.70. The minimum Gasteiger partial charge on any atom is -0.481 e. The third kappa shape index (κ3) is 4.75. The van der Waals surface area contributed by atoms with Gasteiger partial charge in [0.05, 0.1) is 11.3 Å². The Morgan fingerprint density at radius 2 is 1.60 bits per heavy atom. The number of amides is 1. The molecule has 0 aromatic heterocycles. The molecule has 0 radical (unpaired) electrons. The van der Waals surface area contributed by atoms with Gasteiger partial charge in [-0.15, -0.1) is 0 Å². The summed E-state index contributed by atoms with van der Waals surface area (Å²) >= 11 is 0. The lowest BCUT2D eigenvalue weighted by Crippen LogP contribution is -2.31. The summed E-state index contributed by atoms with van der Waals surface area (Å²) in [5.41, 5.74) is -0.247.